The molecule has 0 radical (unpaired) electrons. The van der Waals surface area contributed by atoms with E-state index in [0.717, 1.165) is 12.0 Å². The summed E-state index contributed by atoms with van der Waals surface area (Å²) in [6, 6.07) is 0.886. The third-order valence-corrected chi connectivity index (χ3v) is 23.4. The molecular formula is C24H47NSn. The molecule has 0 spiro atoms. The van der Waals surface area contributed by atoms with E-state index in [0.29, 0.717) is 0 Å². The topological polar surface area (TPSA) is 3.24 Å². The summed E-state index contributed by atoms with van der Waals surface area (Å²) in [4.78, 5) is 2.85. The summed E-state index contributed by atoms with van der Waals surface area (Å²) in [5, 5.41) is 0. The van der Waals surface area contributed by atoms with Crippen LogP contribution in [0.15, 0.2) is 12.2 Å². The predicted octanol–water partition coefficient (Wildman–Crippen LogP) is 7.66. The molecule has 0 bridgehead atoms. The molecule has 1 aliphatic carbocycles. The van der Waals surface area contributed by atoms with Crippen LogP contribution in [0.5, 0.6) is 0 Å². The van der Waals surface area contributed by atoms with E-state index < -0.39 is 18.4 Å². The average Bonchev–Trinajstić information content (AvgIpc) is 3.04. The van der Waals surface area contributed by atoms with E-state index in [1.54, 1.807) is 23.3 Å². The Kier molecular flexibility index (Phi) is 10.6. The van der Waals surface area contributed by atoms with Crippen molar-refractivity contribution in [1.29, 1.82) is 0 Å². The van der Waals surface area contributed by atoms with Gasteiger partial charge in [0.15, 0.2) is 0 Å². The Labute approximate surface area is 169 Å². The van der Waals surface area contributed by atoms with Gasteiger partial charge in [-0.1, -0.05) is 0 Å². The minimum atomic E-state index is -2.02. The predicted molar refractivity (Wildman–Crippen MR) is 121 cm³/mol. The molecule has 152 valence electrons. The average molecular weight is 468 g/mol. The molecule has 1 atom stereocenters. The third-order valence-electron chi connectivity index (χ3n) is 7.39. The Balaban J connectivity index is 2.02. The molecule has 1 saturated heterocycles. The quantitative estimate of drug-likeness (QED) is 0.210. The Morgan fingerprint density at radius 3 is 1.92 bits per heavy atom. The first kappa shape index (κ1) is 22.8. The van der Waals surface area contributed by atoms with Gasteiger partial charge in [-0.3, -0.25) is 0 Å². The molecule has 1 nitrogen and oxygen atoms in total. The maximum atomic E-state index is 4.60. The van der Waals surface area contributed by atoms with Gasteiger partial charge in [-0.05, 0) is 0 Å². The van der Waals surface area contributed by atoms with Gasteiger partial charge in [0.2, 0.25) is 0 Å². The second kappa shape index (κ2) is 12.1. The van der Waals surface area contributed by atoms with Gasteiger partial charge in [-0.25, -0.2) is 0 Å². The van der Waals surface area contributed by atoms with Crippen molar-refractivity contribution < 1.29 is 0 Å². The van der Waals surface area contributed by atoms with E-state index >= 15 is 0 Å². The van der Waals surface area contributed by atoms with Gasteiger partial charge in [0.25, 0.3) is 0 Å². The zero-order chi connectivity index (χ0) is 18.8. The van der Waals surface area contributed by atoms with Crippen LogP contribution in [0.4, 0.5) is 0 Å². The van der Waals surface area contributed by atoms with Crippen molar-refractivity contribution in [3.8, 4) is 0 Å². The SMILES string of the molecule is C=C1CN(C2CCCCC2)CC1[CH2][Sn]([CH2]CCC)([CH2]CCC)[CH2]CCC. The number of unbranched alkanes of at least 4 members (excludes halogenated alkanes) is 3. The van der Waals surface area contributed by atoms with Crippen LogP contribution in [0.25, 0.3) is 0 Å². The standard InChI is InChI=1S/C12H20N.3C4H9.Sn/c1-10-8-13(9-11(10)2)12-6-4-3-5-7-12;3*1-3-4-2;/h10,12H,1-9H2;3*1,3-4H2,2H3;. The normalized spacial score (nSPS) is 23.0. The second-order valence-electron chi connectivity index (χ2n) is 9.59. The van der Waals surface area contributed by atoms with Crippen molar-refractivity contribution in [2.75, 3.05) is 13.1 Å². The second-order valence-corrected chi connectivity index (χ2v) is 23.6. The van der Waals surface area contributed by atoms with Crippen molar-refractivity contribution in [2.45, 2.75) is 115 Å². The fourth-order valence-corrected chi connectivity index (χ4v) is 23.2. The van der Waals surface area contributed by atoms with Crippen LogP contribution in [0, 0.1) is 5.92 Å². The van der Waals surface area contributed by atoms with Crippen molar-refractivity contribution in [1.82, 2.24) is 4.90 Å². The summed E-state index contributed by atoms with van der Waals surface area (Å²) in [5.74, 6) is 0.860. The van der Waals surface area contributed by atoms with Crippen molar-refractivity contribution in [2.24, 2.45) is 5.92 Å². The molecule has 1 saturated carbocycles. The van der Waals surface area contributed by atoms with Crippen molar-refractivity contribution in [3.05, 3.63) is 12.2 Å². The monoisotopic (exact) mass is 469 g/mol. The molecule has 1 unspecified atom stereocenters. The minimum absolute atomic E-state index is 0.860. The molecule has 0 amide bonds. The molecule has 26 heavy (non-hydrogen) atoms. The number of likely N-dealkylation sites (tertiary alicyclic amines) is 1. The van der Waals surface area contributed by atoms with Crippen molar-refractivity contribution in [3.63, 3.8) is 0 Å². The van der Waals surface area contributed by atoms with Crippen LogP contribution in [0.3, 0.4) is 0 Å². The number of nitrogens with zero attached hydrogens (tertiary/aromatic N) is 1. The van der Waals surface area contributed by atoms with E-state index in [9.17, 15) is 0 Å². The summed E-state index contributed by atoms with van der Waals surface area (Å²) in [7, 11) is 0. The molecule has 2 heteroatoms. The molecule has 2 aliphatic rings. The van der Waals surface area contributed by atoms with E-state index in [1.807, 2.05) is 0 Å². The summed E-state index contributed by atoms with van der Waals surface area (Å²) >= 11 is -2.02. The fourth-order valence-electron chi connectivity index (χ4n) is 5.66. The first-order valence-electron chi connectivity index (χ1n) is 12.1. The fraction of sp³-hybridized carbons (Fsp3) is 0.917. The van der Waals surface area contributed by atoms with Gasteiger partial charge in [0.05, 0.1) is 0 Å². The van der Waals surface area contributed by atoms with Gasteiger partial charge in [-0.15, -0.1) is 0 Å². The van der Waals surface area contributed by atoms with E-state index in [2.05, 4.69) is 32.3 Å². The van der Waals surface area contributed by atoms with Crippen LogP contribution in [0.2, 0.25) is 17.7 Å². The van der Waals surface area contributed by atoms with Crippen LogP contribution in [-0.4, -0.2) is 42.4 Å². The maximum absolute atomic E-state index is 4.60. The van der Waals surface area contributed by atoms with Gasteiger partial charge in [0.1, 0.15) is 0 Å². The summed E-state index contributed by atoms with van der Waals surface area (Å²) < 4.78 is 6.63. The third kappa shape index (κ3) is 6.83. The first-order valence-corrected chi connectivity index (χ1v) is 20.1. The van der Waals surface area contributed by atoms with Crippen LogP contribution >= 0.6 is 0 Å². The van der Waals surface area contributed by atoms with E-state index in [-0.39, 0.29) is 0 Å². The van der Waals surface area contributed by atoms with Crippen LogP contribution in [0.1, 0.15) is 91.4 Å². The molecule has 1 heterocycles. The Hall–Kier alpha value is 0.499. The van der Waals surface area contributed by atoms with Gasteiger partial charge >= 0.3 is 170 Å². The zero-order valence-electron chi connectivity index (χ0n) is 18.3. The van der Waals surface area contributed by atoms with E-state index in [4.69, 9.17) is 0 Å². The van der Waals surface area contributed by atoms with Gasteiger partial charge in [-0.2, -0.15) is 0 Å². The summed E-state index contributed by atoms with van der Waals surface area (Å²) in [5.41, 5.74) is 1.61. The van der Waals surface area contributed by atoms with Gasteiger partial charge < -0.3 is 0 Å². The number of hydrogen-bond donors (Lipinski definition) is 0. The van der Waals surface area contributed by atoms with E-state index in [1.165, 1.54) is 83.7 Å². The Morgan fingerprint density at radius 2 is 1.42 bits per heavy atom. The first-order chi connectivity index (χ1) is 12.6. The number of hydrogen-bond acceptors (Lipinski definition) is 1. The molecule has 1 aliphatic heterocycles. The summed E-state index contributed by atoms with van der Waals surface area (Å²) in [6.45, 7) is 14.4. The van der Waals surface area contributed by atoms with Crippen LogP contribution in [-0.2, 0) is 0 Å². The molecule has 2 fully saturated rings. The van der Waals surface area contributed by atoms with Crippen LogP contribution < -0.4 is 0 Å². The molecule has 0 aromatic heterocycles. The summed E-state index contributed by atoms with van der Waals surface area (Å²) in [6.07, 6.45) is 16.0. The van der Waals surface area contributed by atoms with Gasteiger partial charge in [0, 0.05) is 0 Å². The molecule has 0 N–H and O–H groups in total. The molecule has 0 aromatic rings. The Bertz CT molecular complexity index is 377. The molecule has 0 aromatic carbocycles. The number of rotatable bonds is 12. The zero-order valence-corrected chi connectivity index (χ0v) is 21.2. The molecule has 2 rings (SSSR count). The Morgan fingerprint density at radius 1 is 0.885 bits per heavy atom. The molecular weight excluding hydrogens is 421 g/mol. The van der Waals surface area contributed by atoms with Crippen molar-refractivity contribution >= 4 is 18.4 Å².